The molecule has 2 rings (SSSR count). The van der Waals surface area contributed by atoms with Crippen molar-refractivity contribution < 1.29 is 0 Å². The van der Waals surface area contributed by atoms with Crippen LogP contribution < -0.4 is 5.32 Å². The maximum Gasteiger partial charge on any atom is 0.130 e. The second-order valence-electron chi connectivity index (χ2n) is 3.32. The number of anilines is 2. The molecule has 0 amide bonds. The highest BCUT2D eigenvalue weighted by atomic mass is 79.9. The Labute approximate surface area is 97.5 Å². The third kappa shape index (κ3) is 2.57. The van der Waals surface area contributed by atoms with E-state index in [0.29, 0.717) is 0 Å². The maximum atomic E-state index is 4.21. The van der Waals surface area contributed by atoms with E-state index in [-0.39, 0.29) is 0 Å². The van der Waals surface area contributed by atoms with E-state index in [9.17, 15) is 0 Å². The van der Waals surface area contributed by atoms with Crippen molar-refractivity contribution >= 4 is 27.4 Å². The molecule has 0 atom stereocenters. The van der Waals surface area contributed by atoms with Gasteiger partial charge in [0, 0.05) is 10.7 Å². The van der Waals surface area contributed by atoms with Gasteiger partial charge in [0.2, 0.25) is 0 Å². The van der Waals surface area contributed by atoms with E-state index in [1.54, 1.807) is 6.20 Å². The molecule has 0 saturated carbocycles. The van der Waals surface area contributed by atoms with Gasteiger partial charge in [-0.3, -0.25) is 0 Å². The lowest BCUT2D eigenvalue weighted by molar-refractivity contribution is 1.30. The number of rotatable bonds is 2. The van der Waals surface area contributed by atoms with Gasteiger partial charge in [0.1, 0.15) is 5.82 Å². The minimum Gasteiger partial charge on any atom is -0.339 e. The molecule has 0 saturated heterocycles. The molecule has 2 nitrogen and oxygen atoms in total. The number of hydrogen-bond acceptors (Lipinski definition) is 2. The van der Waals surface area contributed by atoms with E-state index in [4.69, 9.17) is 0 Å². The van der Waals surface area contributed by atoms with Gasteiger partial charge in [-0.05, 0) is 52.7 Å². The highest BCUT2D eigenvalue weighted by Crippen LogP contribution is 2.25. The summed E-state index contributed by atoms with van der Waals surface area (Å²) in [5.41, 5.74) is 2.26. The third-order valence-electron chi connectivity index (χ3n) is 2.05. The monoisotopic (exact) mass is 262 g/mol. The first-order chi connectivity index (χ1) is 7.25. The van der Waals surface area contributed by atoms with Crippen LogP contribution in [0.2, 0.25) is 0 Å². The molecule has 0 unspecified atom stereocenters. The van der Waals surface area contributed by atoms with Crippen LogP contribution >= 0.6 is 15.9 Å². The van der Waals surface area contributed by atoms with Crippen molar-refractivity contribution in [2.45, 2.75) is 6.92 Å². The summed E-state index contributed by atoms with van der Waals surface area (Å²) < 4.78 is 1.05. The molecule has 0 bridgehead atoms. The van der Waals surface area contributed by atoms with Crippen LogP contribution in [0.1, 0.15) is 5.56 Å². The molecule has 0 radical (unpaired) electrons. The summed E-state index contributed by atoms with van der Waals surface area (Å²) in [4.78, 5) is 4.21. The minimum atomic E-state index is 0.849. The Kier molecular flexibility index (Phi) is 3.02. The summed E-state index contributed by atoms with van der Waals surface area (Å²) in [6.07, 6.45) is 1.77. The Morgan fingerprint density at radius 1 is 1.20 bits per heavy atom. The molecular weight excluding hydrogens is 252 g/mol. The van der Waals surface area contributed by atoms with Crippen LogP contribution in [-0.4, -0.2) is 4.98 Å². The second kappa shape index (κ2) is 4.45. The van der Waals surface area contributed by atoms with Crippen molar-refractivity contribution in [2.24, 2.45) is 0 Å². The fourth-order valence-corrected chi connectivity index (χ4v) is 1.89. The number of halogens is 1. The predicted octanol–water partition coefficient (Wildman–Crippen LogP) is 3.90. The van der Waals surface area contributed by atoms with Crippen molar-refractivity contribution in [1.29, 1.82) is 0 Å². The van der Waals surface area contributed by atoms with E-state index in [1.807, 2.05) is 24.3 Å². The van der Waals surface area contributed by atoms with E-state index < -0.39 is 0 Å². The second-order valence-corrected chi connectivity index (χ2v) is 4.18. The van der Waals surface area contributed by atoms with Crippen LogP contribution in [0.15, 0.2) is 47.1 Å². The standard InChI is InChI=1S/C12H11BrN2/c1-9-5-6-11(10(13)8-9)15-12-4-2-3-7-14-12/h2-8H,1H3,(H,14,15). The Morgan fingerprint density at radius 2 is 2.07 bits per heavy atom. The van der Waals surface area contributed by atoms with Gasteiger partial charge in [-0.2, -0.15) is 0 Å². The van der Waals surface area contributed by atoms with Crippen LogP contribution in [-0.2, 0) is 0 Å². The van der Waals surface area contributed by atoms with E-state index >= 15 is 0 Å². The fraction of sp³-hybridized carbons (Fsp3) is 0.0833. The van der Waals surface area contributed by atoms with Crippen LogP contribution in [0.25, 0.3) is 0 Å². The Bertz CT molecular complexity index is 454. The quantitative estimate of drug-likeness (QED) is 0.888. The molecule has 15 heavy (non-hydrogen) atoms. The highest BCUT2D eigenvalue weighted by molar-refractivity contribution is 9.10. The molecule has 0 aliphatic rings. The first kappa shape index (κ1) is 10.2. The van der Waals surface area contributed by atoms with Crippen molar-refractivity contribution in [3.8, 4) is 0 Å². The van der Waals surface area contributed by atoms with Gasteiger partial charge >= 0.3 is 0 Å². The molecule has 1 aromatic carbocycles. The van der Waals surface area contributed by atoms with E-state index in [1.165, 1.54) is 5.56 Å². The lowest BCUT2D eigenvalue weighted by Gasteiger charge is -2.07. The molecule has 3 heteroatoms. The van der Waals surface area contributed by atoms with Crippen molar-refractivity contribution in [3.05, 3.63) is 52.6 Å². The number of hydrogen-bond donors (Lipinski definition) is 1. The van der Waals surface area contributed by atoms with E-state index in [0.717, 1.165) is 16.0 Å². The molecule has 0 aliphatic heterocycles. The topological polar surface area (TPSA) is 24.9 Å². The van der Waals surface area contributed by atoms with Gasteiger partial charge in [-0.25, -0.2) is 4.98 Å². The Morgan fingerprint density at radius 3 is 2.73 bits per heavy atom. The zero-order valence-electron chi connectivity index (χ0n) is 8.37. The zero-order valence-corrected chi connectivity index (χ0v) is 9.95. The average molecular weight is 263 g/mol. The van der Waals surface area contributed by atoms with Crippen LogP contribution in [0.5, 0.6) is 0 Å². The molecule has 1 N–H and O–H groups in total. The summed E-state index contributed by atoms with van der Waals surface area (Å²) in [6, 6.07) is 12.0. The molecule has 76 valence electrons. The number of aromatic nitrogens is 1. The molecule has 1 heterocycles. The number of benzene rings is 1. The SMILES string of the molecule is Cc1ccc(Nc2ccccn2)c(Br)c1. The summed E-state index contributed by atoms with van der Waals surface area (Å²) >= 11 is 3.51. The normalized spacial score (nSPS) is 10.0. The van der Waals surface area contributed by atoms with Crippen molar-refractivity contribution in [2.75, 3.05) is 5.32 Å². The van der Waals surface area contributed by atoms with Crippen molar-refractivity contribution in [1.82, 2.24) is 4.98 Å². The molecular formula is C12H11BrN2. The summed E-state index contributed by atoms with van der Waals surface area (Å²) in [5.74, 6) is 0.849. The first-order valence-corrected chi connectivity index (χ1v) is 5.49. The van der Waals surface area contributed by atoms with Gasteiger partial charge in [0.25, 0.3) is 0 Å². The maximum absolute atomic E-state index is 4.21. The third-order valence-corrected chi connectivity index (χ3v) is 2.71. The summed E-state index contributed by atoms with van der Waals surface area (Å²) in [7, 11) is 0. The molecule has 2 aromatic rings. The Hall–Kier alpha value is -1.35. The summed E-state index contributed by atoms with van der Waals surface area (Å²) in [5, 5.41) is 3.24. The Balaban J connectivity index is 2.25. The first-order valence-electron chi connectivity index (χ1n) is 4.70. The largest absolute Gasteiger partial charge is 0.339 e. The van der Waals surface area contributed by atoms with Crippen LogP contribution in [0, 0.1) is 6.92 Å². The fourth-order valence-electron chi connectivity index (χ4n) is 1.30. The average Bonchev–Trinajstić information content (AvgIpc) is 2.24. The highest BCUT2D eigenvalue weighted by Gasteiger charge is 2.00. The molecule has 1 aromatic heterocycles. The van der Waals surface area contributed by atoms with Gasteiger partial charge in [-0.1, -0.05) is 12.1 Å². The van der Waals surface area contributed by atoms with Crippen LogP contribution in [0.3, 0.4) is 0 Å². The smallest absolute Gasteiger partial charge is 0.130 e. The zero-order chi connectivity index (χ0) is 10.7. The molecule has 0 aliphatic carbocycles. The number of nitrogens with zero attached hydrogens (tertiary/aromatic N) is 1. The van der Waals surface area contributed by atoms with E-state index in [2.05, 4.69) is 45.3 Å². The lowest BCUT2D eigenvalue weighted by atomic mass is 10.2. The predicted molar refractivity (Wildman–Crippen MR) is 66.4 cm³/mol. The number of nitrogens with one attached hydrogen (secondary N) is 1. The molecule has 0 fully saturated rings. The van der Waals surface area contributed by atoms with Gasteiger partial charge < -0.3 is 5.32 Å². The lowest BCUT2D eigenvalue weighted by Crippen LogP contribution is -1.93. The van der Waals surface area contributed by atoms with Gasteiger partial charge in [0.05, 0.1) is 5.69 Å². The number of pyridine rings is 1. The van der Waals surface area contributed by atoms with Crippen molar-refractivity contribution in [3.63, 3.8) is 0 Å². The van der Waals surface area contributed by atoms with Gasteiger partial charge in [0.15, 0.2) is 0 Å². The van der Waals surface area contributed by atoms with Gasteiger partial charge in [-0.15, -0.1) is 0 Å². The van der Waals surface area contributed by atoms with Crippen LogP contribution in [0.4, 0.5) is 11.5 Å². The summed E-state index contributed by atoms with van der Waals surface area (Å²) in [6.45, 7) is 2.06. The molecule has 0 spiro atoms. The minimum absolute atomic E-state index is 0.849. The number of aryl methyl sites for hydroxylation is 1.